The summed E-state index contributed by atoms with van der Waals surface area (Å²) in [5, 5.41) is 0. The van der Waals surface area contributed by atoms with Crippen LogP contribution in [0.3, 0.4) is 0 Å². The minimum atomic E-state index is 0. The molecule has 0 aromatic carbocycles. The Hall–Kier alpha value is 1.32. The van der Waals surface area contributed by atoms with Gasteiger partial charge in [0, 0.05) is 33.6 Å². The summed E-state index contributed by atoms with van der Waals surface area (Å²) in [7, 11) is 0. The van der Waals surface area contributed by atoms with Crippen molar-refractivity contribution >= 4 is 13.5 Å². The zero-order valence-electron chi connectivity index (χ0n) is 1.69. The van der Waals surface area contributed by atoms with Crippen LogP contribution < -0.4 is 0 Å². The first-order valence-electron chi connectivity index (χ1n) is 0. The Morgan fingerprint density at radius 2 is 1.00 bits per heavy atom. The van der Waals surface area contributed by atoms with Gasteiger partial charge in [0.15, 0.2) is 0 Å². The number of rotatable bonds is 0. The van der Waals surface area contributed by atoms with Crippen molar-refractivity contribution in [3.8, 4) is 0 Å². The molecule has 0 saturated heterocycles. The van der Waals surface area contributed by atoms with E-state index >= 15 is 0 Å². The van der Waals surface area contributed by atoms with E-state index in [1.807, 2.05) is 0 Å². The van der Waals surface area contributed by atoms with Gasteiger partial charge in [-0.1, -0.05) is 0 Å². The topological polar surface area (TPSA) is 31.5 Å². The van der Waals surface area contributed by atoms with Crippen LogP contribution in [0.5, 0.6) is 0 Å². The molecule has 1 radical (unpaired) electrons. The summed E-state index contributed by atoms with van der Waals surface area (Å²) in [6.07, 6.45) is 0. The van der Waals surface area contributed by atoms with Gasteiger partial charge in [0.1, 0.15) is 0 Å². The molecule has 0 fully saturated rings. The van der Waals surface area contributed by atoms with Gasteiger partial charge in [0.05, 0.1) is 0 Å². The van der Waals surface area contributed by atoms with Gasteiger partial charge in [-0.2, -0.15) is 13.5 Å². The van der Waals surface area contributed by atoms with Crippen molar-refractivity contribution in [2.45, 2.75) is 0 Å². The van der Waals surface area contributed by atoms with Crippen LogP contribution in [0.25, 0.3) is 0 Å². The average molecular weight is 166 g/mol. The van der Waals surface area contributed by atoms with Crippen LogP contribution in [0, 0.1) is 0 Å². The Balaban J connectivity index is 0. The van der Waals surface area contributed by atoms with Crippen LogP contribution in [0.4, 0.5) is 0 Å². The fourth-order valence-electron chi connectivity index (χ4n) is 0. The first-order valence-corrected chi connectivity index (χ1v) is 0. The maximum absolute atomic E-state index is 0. The molecule has 0 bridgehead atoms. The molecule has 0 saturated carbocycles. The predicted molar refractivity (Wildman–Crippen MR) is 14.0 cm³/mol. The van der Waals surface area contributed by atoms with E-state index in [4.69, 9.17) is 0 Å². The molecule has 0 unspecified atom stereocenters. The second-order valence-corrected chi connectivity index (χ2v) is 0. The molecule has 0 aliphatic carbocycles. The van der Waals surface area contributed by atoms with Crippen molar-refractivity contribution in [3.63, 3.8) is 0 Å². The van der Waals surface area contributed by atoms with E-state index in [1.165, 1.54) is 0 Å². The number of hydrogen-bond acceptors (Lipinski definition) is 0. The summed E-state index contributed by atoms with van der Waals surface area (Å²) in [5.41, 5.74) is 0. The van der Waals surface area contributed by atoms with Crippen LogP contribution in [0.15, 0.2) is 0 Å². The van der Waals surface area contributed by atoms with Crippen molar-refractivity contribution in [3.05, 3.63) is 0 Å². The molecular formula is H4MnNiOS. The molecule has 0 spiro atoms. The van der Waals surface area contributed by atoms with E-state index < -0.39 is 0 Å². The minimum absolute atomic E-state index is 0. The summed E-state index contributed by atoms with van der Waals surface area (Å²) >= 11 is 0. The molecule has 0 rings (SSSR count). The molecule has 0 aromatic rings. The van der Waals surface area contributed by atoms with Gasteiger partial charge in [-0.15, -0.1) is 0 Å². The minimum Gasteiger partial charge on any atom is -0.412 e. The van der Waals surface area contributed by atoms with Crippen molar-refractivity contribution in [1.29, 1.82) is 0 Å². The zero-order valence-corrected chi connectivity index (χ0v) is 4.86. The molecule has 4 heteroatoms. The van der Waals surface area contributed by atoms with Crippen LogP contribution in [-0.2, 0) is 33.6 Å². The Kier molecular flexibility index (Phi) is 388. The first kappa shape index (κ1) is 56.8. The van der Waals surface area contributed by atoms with E-state index in [2.05, 4.69) is 0 Å². The van der Waals surface area contributed by atoms with Crippen molar-refractivity contribution in [1.82, 2.24) is 0 Å². The van der Waals surface area contributed by atoms with E-state index in [0.29, 0.717) is 0 Å². The second-order valence-electron chi connectivity index (χ2n) is 0. The van der Waals surface area contributed by atoms with Crippen LogP contribution in [0.1, 0.15) is 0 Å². The van der Waals surface area contributed by atoms with E-state index in [0.717, 1.165) is 0 Å². The van der Waals surface area contributed by atoms with Crippen molar-refractivity contribution < 1.29 is 39.0 Å². The van der Waals surface area contributed by atoms with Crippen LogP contribution >= 0.6 is 13.5 Å². The summed E-state index contributed by atoms with van der Waals surface area (Å²) in [6, 6.07) is 0. The van der Waals surface area contributed by atoms with Crippen LogP contribution in [0.2, 0.25) is 0 Å². The standard InChI is InChI=1S/Mn.Ni.H2O.H2S/h;;2*1H2. The second kappa shape index (κ2) is 27.3. The molecule has 4 heavy (non-hydrogen) atoms. The van der Waals surface area contributed by atoms with E-state index in [9.17, 15) is 0 Å². The zero-order chi connectivity index (χ0) is 0. The molecule has 0 aliphatic heterocycles. The molecule has 0 atom stereocenters. The van der Waals surface area contributed by atoms with E-state index in [1.54, 1.807) is 0 Å². The quantitative estimate of drug-likeness (QED) is 0.425. The monoisotopic (exact) mass is 165 g/mol. The molecule has 1 nitrogen and oxygen atoms in total. The SMILES string of the molecule is O.S.[Mn].[Ni]. The van der Waals surface area contributed by atoms with Gasteiger partial charge in [0.25, 0.3) is 0 Å². The largest absolute Gasteiger partial charge is 0.412 e. The Labute approximate surface area is 52.7 Å². The first-order chi connectivity index (χ1) is 0. The van der Waals surface area contributed by atoms with Gasteiger partial charge < -0.3 is 5.48 Å². The van der Waals surface area contributed by atoms with Crippen molar-refractivity contribution in [2.24, 2.45) is 0 Å². The number of hydrogen-bond donors (Lipinski definition) is 0. The molecule has 0 amide bonds. The maximum Gasteiger partial charge on any atom is 0 e. The van der Waals surface area contributed by atoms with E-state index in [-0.39, 0.29) is 52.5 Å². The van der Waals surface area contributed by atoms with Crippen LogP contribution in [-0.4, -0.2) is 5.48 Å². The summed E-state index contributed by atoms with van der Waals surface area (Å²) in [5.74, 6) is 0. The third-order valence-electron chi connectivity index (χ3n) is 0. The van der Waals surface area contributed by atoms with Gasteiger partial charge in [-0.25, -0.2) is 0 Å². The molecule has 33 valence electrons. The van der Waals surface area contributed by atoms with Crippen molar-refractivity contribution in [2.75, 3.05) is 0 Å². The average Bonchev–Trinajstić information content (AvgIpc) is 0. The molecule has 0 aliphatic rings. The Bertz CT molecular complexity index is 8.00. The van der Waals surface area contributed by atoms with Gasteiger partial charge in [-0.3, -0.25) is 0 Å². The third kappa shape index (κ3) is 10.2. The molecular weight excluding hydrogens is 162 g/mol. The summed E-state index contributed by atoms with van der Waals surface area (Å²) in [6.45, 7) is 0. The van der Waals surface area contributed by atoms with Gasteiger partial charge in [0.2, 0.25) is 0 Å². The Morgan fingerprint density at radius 1 is 1.00 bits per heavy atom. The smallest absolute Gasteiger partial charge is 0 e. The molecule has 2 N–H and O–H groups in total. The Morgan fingerprint density at radius 3 is 1.00 bits per heavy atom. The van der Waals surface area contributed by atoms with Gasteiger partial charge in [-0.05, 0) is 0 Å². The fourth-order valence-corrected chi connectivity index (χ4v) is 0. The normalized spacial score (nSPS) is 0. The predicted octanol–water partition coefficient (Wildman–Crippen LogP) is -0.717. The fraction of sp³-hybridized carbons (Fsp3) is 0. The summed E-state index contributed by atoms with van der Waals surface area (Å²) in [4.78, 5) is 0. The molecule has 0 aromatic heterocycles. The summed E-state index contributed by atoms with van der Waals surface area (Å²) < 4.78 is 0. The third-order valence-corrected chi connectivity index (χ3v) is 0. The van der Waals surface area contributed by atoms with Gasteiger partial charge >= 0.3 is 0 Å². The molecule has 0 heterocycles. The maximum atomic E-state index is 0.